The average Bonchev–Trinajstić information content (AvgIpc) is 3.09. The smallest absolute Gasteiger partial charge is 0.317 e. The second-order valence-corrected chi connectivity index (χ2v) is 6.73. The molecule has 3 fully saturated rings. The average molecular weight is 296 g/mol. The Labute approximate surface area is 124 Å². The topological polar surface area (TPSA) is 78.9 Å². The number of carboxylic acid groups (broad SMARTS) is 1. The number of ether oxygens (including phenoxy) is 1. The van der Waals surface area contributed by atoms with Gasteiger partial charge in [0, 0.05) is 26.7 Å². The summed E-state index contributed by atoms with van der Waals surface area (Å²) in [5, 5.41) is 12.4. The van der Waals surface area contributed by atoms with E-state index in [4.69, 9.17) is 4.74 Å². The van der Waals surface area contributed by atoms with Gasteiger partial charge in [-0.05, 0) is 37.5 Å². The van der Waals surface area contributed by atoms with Crippen molar-refractivity contribution in [3.05, 3.63) is 0 Å². The normalized spacial score (nSPS) is 32.8. The van der Waals surface area contributed by atoms with Crippen molar-refractivity contribution in [1.82, 2.24) is 10.2 Å². The summed E-state index contributed by atoms with van der Waals surface area (Å²) in [4.78, 5) is 25.6. The number of hydrogen-bond acceptors (Lipinski definition) is 3. The maximum atomic E-state index is 12.3. The molecule has 3 aliphatic rings. The SMILES string of the molecule is COC(CNC(=O)N1C[C@@H]2CCC[C@@]2(C(=O)O)C1)C1CC1. The van der Waals surface area contributed by atoms with Gasteiger partial charge in [0.15, 0.2) is 0 Å². The van der Waals surface area contributed by atoms with Gasteiger partial charge in [0.1, 0.15) is 0 Å². The summed E-state index contributed by atoms with van der Waals surface area (Å²) < 4.78 is 5.39. The number of methoxy groups -OCH3 is 1. The van der Waals surface area contributed by atoms with E-state index in [1.54, 1.807) is 12.0 Å². The van der Waals surface area contributed by atoms with Crippen LogP contribution in [-0.4, -0.2) is 54.9 Å². The maximum absolute atomic E-state index is 12.3. The number of aliphatic carboxylic acids is 1. The molecule has 0 spiro atoms. The van der Waals surface area contributed by atoms with Gasteiger partial charge in [-0.1, -0.05) is 6.42 Å². The molecule has 6 heteroatoms. The van der Waals surface area contributed by atoms with Crippen LogP contribution in [0.1, 0.15) is 32.1 Å². The van der Waals surface area contributed by atoms with E-state index in [-0.39, 0.29) is 18.1 Å². The Balaban J connectivity index is 1.55. The predicted molar refractivity (Wildman–Crippen MR) is 75.9 cm³/mol. The second-order valence-electron chi connectivity index (χ2n) is 6.73. The number of carbonyl (C=O) groups excluding carboxylic acids is 1. The van der Waals surface area contributed by atoms with Crippen LogP contribution >= 0.6 is 0 Å². The summed E-state index contributed by atoms with van der Waals surface area (Å²) in [5.74, 6) is -0.0610. The Bertz CT molecular complexity index is 437. The second kappa shape index (κ2) is 5.48. The van der Waals surface area contributed by atoms with Gasteiger partial charge >= 0.3 is 12.0 Å². The molecule has 1 saturated heterocycles. The van der Waals surface area contributed by atoms with Crippen LogP contribution in [0.4, 0.5) is 4.79 Å². The molecule has 2 amide bonds. The number of urea groups is 1. The number of nitrogens with zero attached hydrogens (tertiary/aromatic N) is 1. The first-order valence-electron chi connectivity index (χ1n) is 7.86. The Morgan fingerprint density at radius 3 is 2.76 bits per heavy atom. The van der Waals surface area contributed by atoms with E-state index >= 15 is 0 Å². The molecule has 3 atom stereocenters. The van der Waals surface area contributed by atoms with Crippen molar-refractivity contribution >= 4 is 12.0 Å². The van der Waals surface area contributed by atoms with Crippen molar-refractivity contribution in [3.63, 3.8) is 0 Å². The van der Waals surface area contributed by atoms with Crippen LogP contribution in [0.15, 0.2) is 0 Å². The lowest BCUT2D eigenvalue weighted by Crippen LogP contribution is -2.44. The lowest BCUT2D eigenvalue weighted by atomic mass is 9.81. The van der Waals surface area contributed by atoms with Crippen molar-refractivity contribution in [2.75, 3.05) is 26.7 Å². The van der Waals surface area contributed by atoms with Crippen molar-refractivity contribution in [2.24, 2.45) is 17.3 Å². The van der Waals surface area contributed by atoms with Crippen molar-refractivity contribution in [3.8, 4) is 0 Å². The fourth-order valence-corrected chi connectivity index (χ4v) is 4.00. The summed E-state index contributed by atoms with van der Waals surface area (Å²) in [6.07, 6.45) is 4.99. The molecule has 0 aromatic heterocycles. The number of fused-ring (bicyclic) bond motifs is 1. The minimum Gasteiger partial charge on any atom is -0.481 e. The van der Waals surface area contributed by atoms with E-state index < -0.39 is 11.4 Å². The van der Waals surface area contributed by atoms with Gasteiger partial charge in [-0.25, -0.2) is 4.79 Å². The lowest BCUT2D eigenvalue weighted by Gasteiger charge is -2.24. The number of carbonyl (C=O) groups is 2. The fourth-order valence-electron chi connectivity index (χ4n) is 4.00. The maximum Gasteiger partial charge on any atom is 0.317 e. The monoisotopic (exact) mass is 296 g/mol. The summed E-state index contributed by atoms with van der Waals surface area (Å²) in [5.41, 5.74) is -0.700. The van der Waals surface area contributed by atoms with Gasteiger partial charge in [0.2, 0.25) is 0 Å². The Kier molecular flexibility index (Phi) is 3.82. The first-order chi connectivity index (χ1) is 10.1. The minimum atomic E-state index is -0.743. The number of carboxylic acids is 1. The van der Waals surface area contributed by atoms with Gasteiger partial charge in [0.05, 0.1) is 11.5 Å². The third-order valence-corrected chi connectivity index (χ3v) is 5.49. The molecule has 2 saturated carbocycles. The van der Waals surface area contributed by atoms with Crippen molar-refractivity contribution in [2.45, 2.75) is 38.2 Å². The lowest BCUT2D eigenvalue weighted by molar-refractivity contribution is -0.149. The molecular formula is C15H24N2O4. The zero-order chi connectivity index (χ0) is 15.0. The predicted octanol–water partition coefficient (Wildman–Crippen LogP) is 1.31. The molecule has 0 radical (unpaired) electrons. The third-order valence-electron chi connectivity index (χ3n) is 5.49. The fraction of sp³-hybridized carbons (Fsp3) is 0.867. The van der Waals surface area contributed by atoms with E-state index in [2.05, 4.69) is 5.32 Å². The van der Waals surface area contributed by atoms with E-state index in [1.807, 2.05) is 0 Å². The zero-order valence-corrected chi connectivity index (χ0v) is 12.5. The molecule has 6 nitrogen and oxygen atoms in total. The number of rotatable bonds is 5. The van der Waals surface area contributed by atoms with Crippen LogP contribution in [0.5, 0.6) is 0 Å². The van der Waals surface area contributed by atoms with Crippen LogP contribution in [-0.2, 0) is 9.53 Å². The molecule has 118 valence electrons. The van der Waals surface area contributed by atoms with Crippen molar-refractivity contribution in [1.29, 1.82) is 0 Å². The first kappa shape index (κ1) is 14.6. The Morgan fingerprint density at radius 1 is 1.43 bits per heavy atom. The summed E-state index contributed by atoms with van der Waals surface area (Å²) in [6, 6.07) is -0.146. The van der Waals surface area contributed by atoms with Crippen LogP contribution in [0, 0.1) is 17.3 Å². The first-order valence-corrected chi connectivity index (χ1v) is 7.86. The molecule has 3 rings (SSSR count). The van der Waals surface area contributed by atoms with Crippen molar-refractivity contribution < 1.29 is 19.4 Å². The summed E-state index contributed by atoms with van der Waals surface area (Å²) in [7, 11) is 1.68. The molecule has 0 bridgehead atoms. The number of amides is 2. The molecule has 0 aromatic carbocycles. The minimum absolute atomic E-state index is 0.0875. The largest absolute Gasteiger partial charge is 0.481 e. The third kappa shape index (κ3) is 2.61. The molecule has 1 heterocycles. The highest BCUT2D eigenvalue weighted by Gasteiger charge is 2.55. The number of nitrogens with one attached hydrogen (secondary N) is 1. The van der Waals surface area contributed by atoms with Gasteiger partial charge in [-0.15, -0.1) is 0 Å². The molecule has 2 aliphatic carbocycles. The summed E-state index contributed by atoms with van der Waals surface area (Å²) >= 11 is 0. The number of hydrogen-bond donors (Lipinski definition) is 2. The van der Waals surface area contributed by atoms with E-state index in [1.165, 1.54) is 12.8 Å². The van der Waals surface area contributed by atoms with E-state index in [0.29, 0.717) is 32.0 Å². The molecule has 1 unspecified atom stereocenters. The van der Waals surface area contributed by atoms with Crippen LogP contribution in [0.3, 0.4) is 0 Å². The van der Waals surface area contributed by atoms with E-state index in [9.17, 15) is 14.7 Å². The Hall–Kier alpha value is -1.30. The highest BCUT2D eigenvalue weighted by Crippen LogP contribution is 2.48. The highest BCUT2D eigenvalue weighted by molar-refractivity contribution is 5.80. The molecule has 21 heavy (non-hydrogen) atoms. The molecule has 2 N–H and O–H groups in total. The molecule has 0 aromatic rings. The van der Waals surface area contributed by atoms with Crippen LogP contribution in [0.2, 0.25) is 0 Å². The molecular weight excluding hydrogens is 272 g/mol. The van der Waals surface area contributed by atoms with Crippen LogP contribution < -0.4 is 5.32 Å². The van der Waals surface area contributed by atoms with Gasteiger partial charge in [-0.2, -0.15) is 0 Å². The van der Waals surface area contributed by atoms with Crippen LogP contribution in [0.25, 0.3) is 0 Å². The van der Waals surface area contributed by atoms with E-state index in [0.717, 1.165) is 12.8 Å². The zero-order valence-electron chi connectivity index (χ0n) is 12.5. The number of likely N-dealkylation sites (tertiary alicyclic amines) is 1. The molecule has 1 aliphatic heterocycles. The van der Waals surface area contributed by atoms with Gasteiger partial charge in [-0.3, -0.25) is 4.79 Å². The van der Waals surface area contributed by atoms with Gasteiger partial charge in [0.25, 0.3) is 0 Å². The van der Waals surface area contributed by atoms with Gasteiger partial charge < -0.3 is 20.1 Å². The quantitative estimate of drug-likeness (QED) is 0.801. The highest BCUT2D eigenvalue weighted by atomic mass is 16.5. The standard InChI is InChI=1S/C15H24N2O4/c1-21-12(10-4-5-10)7-16-14(20)17-8-11-3-2-6-15(11,9-17)13(18)19/h10-12H,2-9H2,1H3,(H,16,20)(H,18,19)/t11-,12?,15+/m0/s1. The summed E-state index contributed by atoms with van der Waals surface area (Å²) in [6.45, 7) is 1.43. The Morgan fingerprint density at radius 2 is 2.19 bits per heavy atom.